The van der Waals surface area contributed by atoms with Crippen LogP contribution in [0.3, 0.4) is 0 Å². The van der Waals surface area contributed by atoms with Gasteiger partial charge in [-0.15, -0.1) is 11.3 Å². The second kappa shape index (κ2) is 8.56. The molecule has 182 valence electrons. The second-order valence-corrected chi connectivity index (χ2v) is 10.7. The van der Waals surface area contributed by atoms with Crippen LogP contribution in [0.2, 0.25) is 0 Å². The number of fused-ring (bicyclic) bond motifs is 1. The highest BCUT2D eigenvalue weighted by Gasteiger charge is 2.44. The molecular formula is C24H24F3N7S. The molecule has 5 heterocycles. The molecule has 2 saturated heterocycles. The minimum Gasteiger partial charge on any atom is -0.355 e. The van der Waals surface area contributed by atoms with Gasteiger partial charge >= 0.3 is 6.18 Å². The normalized spacial score (nSPS) is 21.1. The fourth-order valence-corrected chi connectivity index (χ4v) is 6.42. The third kappa shape index (κ3) is 4.62. The molecule has 0 unspecified atom stereocenters. The molecule has 0 saturated carbocycles. The molecule has 1 aromatic carbocycles. The van der Waals surface area contributed by atoms with Gasteiger partial charge in [-0.3, -0.25) is 4.90 Å². The van der Waals surface area contributed by atoms with Crippen LogP contribution in [0.15, 0.2) is 49.3 Å². The minimum absolute atomic E-state index is 0.183. The van der Waals surface area contributed by atoms with Gasteiger partial charge in [0.15, 0.2) is 0 Å². The maximum absolute atomic E-state index is 12.9. The number of alkyl halides is 3. The highest BCUT2D eigenvalue weighted by Crippen LogP contribution is 2.43. The SMILES string of the molecule is FC(F)(F)Cc1cc2c(N3CC[C@@]4(CCN(Cc5ccc(-n6cncn6)cc5)C4)C3)ncnc2s1. The minimum atomic E-state index is -4.23. The first-order valence-electron chi connectivity index (χ1n) is 11.6. The lowest BCUT2D eigenvalue weighted by Gasteiger charge is -2.25. The van der Waals surface area contributed by atoms with E-state index in [1.54, 1.807) is 17.1 Å². The average Bonchev–Trinajstić information content (AvgIpc) is 3.61. The fourth-order valence-electron chi connectivity index (χ4n) is 5.40. The van der Waals surface area contributed by atoms with Crippen LogP contribution in [-0.4, -0.2) is 62.0 Å². The van der Waals surface area contributed by atoms with Crippen molar-refractivity contribution in [1.82, 2.24) is 29.6 Å². The summed E-state index contributed by atoms with van der Waals surface area (Å²) in [6.45, 7) is 4.66. The lowest BCUT2D eigenvalue weighted by Crippen LogP contribution is -2.31. The third-order valence-electron chi connectivity index (χ3n) is 7.02. The van der Waals surface area contributed by atoms with E-state index in [0.717, 1.165) is 73.8 Å². The molecule has 35 heavy (non-hydrogen) atoms. The first-order valence-corrected chi connectivity index (χ1v) is 12.4. The van der Waals surface area contributed by atoms with Crippen molar-refractivity contribution < 1.29 is 13.2 Å². The number of halogens is 3. The lowest BCUT2D eigenvalue weighted by molar-refractivity contribution is -0.126. The van der Waals surface area contributed by atoms with Crippen molar-refractivity contribution in [3.8, 4) is 5.69 Å². The van der Waals surface area contributed by atoms with Gasteiger partial charge in [-0.1, -0.05) is 12.1 Å². The molecule has 7 nitrogen and oxygen atoms in total. The van der Waals surface area contributed by atoms with E-state index in [-0.39, 0.29) is 10.3 Å². The summed E-state index contributed by atoms with van der Waals surface area (Å²) in [6, 6.07) is 10.0. The zero-order chi connectivity index (χ0) is 24.0. The number of nitrogens with zero attached hydrogens (tertiary/aromatic N) is 7. The van der Waals surface area contributed by atoms with Gasteiger partial charge in [0.05, 0.1) is 17.5 Å². The van der Waals surface area contributed by atoms with E-state index in [2.05, 4.69) is 54.1 Å². The molecule has 2 aliphatic rings. The first kappa shape index (κ1) is 22.4. The Morgan fingerprint density at radius 3 is 2.60 bits per heavy atom. The number of benzene rings is 1. The molecule has 3 aromatic heterocycles. The van der Waals surface area contributed by atoms with Crippen LogP contribution in [-0.2, 0) is 13.0 Å². The van der Waals surface area contributed by atoms with Crippen LogP contribution < -0.4 is 4.90 Å². The van der Waals surface area contributed by atoms with Gasteiger partial charge in [0.2, 0.25) is 0 Å². The summed E-state index contributed by atoms with van der Waals surface area (Å²) < 4.78 is 40.4. The van der Waals surface area contributed by atoms with Crippen LogP contribution in [0.25, 0.3) is 15.9 Å². The monoisotopic (exact) mass is 499 g/mol. The Labute approximate surface area is 204 Å². The van der Waals surface area contributed by atoms with Gasteiger partial charge in [0, 0.05) is 36.5 Å². The summed E-state index contributed by atoms with van der Waals surface area (Å²) >= 11 is 1.11. The zero-order valence-corrected chi connectivity index (χ0v) is 19.8. The van der Waals surface area contributed by atoms with Crippen molar-refractivity contribution >= 4 is 27.4 Å². The molecule has 1 atom stereocenters. The molecule has 4 aromatic rings. The largest absolute Gasteiger partial charge is 0.393 e. The Morgan fingerprint density at radius 1 is 1.00 bits per heavy atom. The topological polar surface area (TPSA) is 63.0 Å². The number of likely N-dealkylation sites (tertiary alicyclic amines) is 1. The van der Waals surface area contributed by atoms with E-state index in [1.807, 2.05) is 0 Å². The zero-order valence-electron chi connectivity index (χ0n) is 18.9. The molecule has 2 aliphatic heterocycles. The van der Waals surface area contributed by atoms with Gasteiger partial charge in [-0.2, -0.15) is 18.3 Å². The van der Waals surface area contributed by atoms with Crippen LogP contribution >= 0.6 is 11.3 Å². The van der Waals surface area contributed by atoms with Gasteiger partial charge in [0.25, 0.3) is 0 Å². The quantitative estimate of drug-likeness (QED) is 0.404. The Balaban J connectivity index is 1.13. The average molecular weight is 500 g/mol. The van der Waals surface area contributed by atoms with Crippen molar-refractivity contribution in [2.45, 2.75) is 32.0 Å². The highest BCUT2D eigenvalue weighted by atomic mass is 32.1. The molecule has 0 radical (unpaired) electrons. The maximum Gasteiger partial charge on any atom is 0.393 e. The Kier molecular flexibility index (Phi) is 5.48. The van der Waals surface area contributed by atoms with Crippen LogP contribution in [0.5, 0.6) is 0 Å². The third-order valence-corrected chi connectivity index (χ3v) is 8.06. The highest BCUT2D eigenvalue weighted by molar-refractivity contribution is 7.18. The number of anilines is 1. The van der Waals surface area contributed by atoms with E-state index in [9.17, 15) is 13.2 Å². The van der Waals surface area contributed by atoms with Gasteiger partial charge in [0.1, 0.15) is 29.6 Å². The van der Waals surface area contributed by atoms with Gasteiger partial charge < -0.3 is 4.90 Å². The molecule has 0 N–H and O–H groups in total. The van der Waals surface area contributed by atoms with E-state index in [0.29, 0.717) is 4.83 Å². The molecular weight excluding hydrogens is 475 g/mol. The first-order chi connectivity index (χ1) is 16.9. The predicted octanol–water partition coefficient (Wildman–Crippen LogP) is 4.48. The number of aromatic nitrogens is 5. The van der Waals surface area contributed by atoms with Crippen molar-refractivity contribution in [3.63, 3.8) is 0 Å². The summed E-state index contributed by atoms with van der Waals surface area (Å²) in [7, 11) is 0. The molecule has 1 spiro atoms. The predicted molar refractivity (Wildman–Crippen MR) is 128 cm³/mol. The Hall–Kier alpha value is -3.05. The van der Waals surface area contributed by atoms with Crippen LogP contribution in [0, 0.1) is 5.41 Å². The van der Waals surface area contributed by atoms with E-state index in [1.165, 1.54) is 18.2 Å². The maximum atomic E-state index is 12.9. The molecule has 6 rings (SSSR count). The van der Waals surface area contributed by atoms with Gasteiger partial charge in [-0.05, 0) is 43.1 Å². The second-order valence-electron chi connectivity index (χ2n) is 9.56. The number of thiophene rings is 1. The molecule has 11 heteroatoms. The smallest absolute Gasteiger partial charge is 0.355 e. The van der Waals surface area contributed by atoms with Crippen molar-refractivity contribution in [1.29, 1.82) is 0 Å². The lowest BCUT2D eigenvalue weighted by atomic mass is 9.86. The summed E-state index contributed by atoms with van der Waals surface area (Å²) in [4.78, 5) is 18.3. The summed E-state index contributed by atoms with van der Waals surface area (Å²) in [6.07, 6.45) is 1.69. The van der Waals surface area contributed by atoms with Crippen molar-refractivity contribution in [3.05, 3.63) is 59.8 Å². The van der Waals surface area contributed by atoms with Crippen LogP contribution in [0.1, 0.15) is 23.3 Å². The summed E-state index contributed by atoms with van der Waals surface area (Å²) in [5.74, 6) is 0.763. The Bertz CT molecular complexity index is 1320. The Morgan fingerprint density at radius 2 is 1.83 bits per heavy atom. The number of hydrogen-bond donors (Lipinski definition) is 0. The molecule has 0 amide bonds. The molecule has 0 bridgehead atoms. The molecule has 0 aliphatic carbocycles. The van der Waals surface area contributed by atoms with E-state index < -0.39 is 12.6 Å². The van der Waals surface area contributed by atoms with Gasteiger partial charge in [-0.25, -0.2) is 19.6 Å². The summed E-state index contributed by atoms with van der Waals surface area (Å²) in [5, 5.41) is 4.90. The fraction of sp³-hybridized carbons (Fsp3) is 0.417. The standard InChI is InChI=1S/C24H24F3N7S/c25-24(26,27)10-19-9-20-21(29-15-30-22(20)35-19)33-8-6-23(13-33)5-7-32(12-23)11-17-1-3-18(4-2-17)34-16-28-14-31-34/h1-4,9,14-16H,5-8,10-13H2/t23-/m1/s1. The van der Waals surface area contributed by atoms with Crippen molar-refractivity contribution in [2.75, 3.05) is 31.1 Å². The number of rotatable bonds is 5. The van der Waals surface area contributed by atoms with E-state index in [4.69, 9.17) is 0 Å². The molecule has 2 fully saturated rings. The summed E-state index contributed by atoms with van der Waals surface area (Å²) in [5.41, 5.74) is 2.43. The van der Waals surface area contributed by atoms with Crippen molar-refractivity contribution in [2.24, 2.45) is 5.41 Å². The van der Waals surface area contributed by atoms with Crippen LogP contribution in [0.4, 0.5) is 19.0 Å². The number of hydrogen-bond acceptors (Lipinski definition) is 7. The van der Waals surface area contributed by atoms with E-state index >= 15 is 0 Å².